The molecular formula is C14H17N3O2. The summed E-state index contributed by atoms with van der Waals surface area (Å²) in [6.07, 6.45) is 9.43. The molecule has 19 heavy (non-hydrogen) atoms. The van der Waals surface area contributed by atoms with Gasteiger partial charge in [0.25, 0.3) is 0 Å². The van der Waals surface area contributed by atoms with E-state index in [0.29, 0.717) is 12.3 Å². The molecule has 0 fully saturated rings. The number of rotatable bonds is 6. The number of hydrogen-bond acceptors (Lipinski definition) is 3. The zero-order valence-electron chi connectivity index (χ0n) is 10.9. The molecule has 0 radical (unpaired) electrons. The maximum Gasteiger partial charge on any atom is 0.244 e. The summed E-state index contributed by atoms with van der Waals surface area (Å²) in [5.41, 5.74) is 0. The van der Waals surface area contributed by atoms with Gasteiger partial charge in [-0.2, -0.15) is 0 Å². The fourth-order valence-corrected chi connectivity index (χ4v) is 1.65. The lowest BCUT2D eigenvalue weighted by Crippen LogP contribution is -2.22. The first-order chi connectivity index (χ1) is 9.24. The third kappa shape index (κ3) is 4.46. The summed E-state index contributed by atoms with van der Waals surface area (Å²) < 4.78 is 7.31. The topological polar surface area (TPSA) is 60.1 Å². The Bertz CT molecular complexity index is 541. The Hall–Kier alpha value is -2.30. The molecule has 2 aromatic rings. The first kappa shape index (κ1) is 13.1. The van der Waals surface area contributed by atoms with Crippen LogP contribution >= 0.6 is 0 Å². The standard InChI is InChI=1S/C14H17N3O2/c1-12-3-4-13(19-12)5-6-14(18)16-7-2-9-17-10-8-15-11-17/h3-6,8,10-11H,2,7,9H2,1H3,(H,16,18). The summed E-state index contributed by atoms with van der Waals surface area (Å²) in [7, 11) is 0. The Labute approximate surface area is 111 Å². The molecule has 0 aliphatic heterocycles. The first-order valence-electron chi connectivity index (χ1n) is 6.22. The van der Waals surface area contributed by atoms with Gasteiger partial charge in [-0.3, -0.25) is 4.79 Å². The second-order valence-electron chi connectivity index (χ2n) is 4.23. The van der Waals surface area contributed by atoms with Crippen molar-refractivity contribution >= 4 is 12.0 Å². The number of furan rings is 1. The molecule has 0 spiro atoms. The highest BCUT2D eigenvalue weighted by Gasteiger charge is 1.97. The summed E-state index contributed by atoms with van der Waals surface area (Å²) in [6.45, 7) is 3.35. The lowest BCUT2D eigenvalue weighted by Gasteiger charge is -2.02. The van der Waals surface area contributed by atoms with Crippen molar-refractivity contribution in [3.8, 4) is 0 Å². The van der Waals surface area contributed by atoms with Gasteiger partial charge in [-0.1, -0.05) is 0 Å². The van der Waals surface area contributed by atoms with Crippen LogP contribution in [0.3, 0.4) is 0 Å². The molecule has 0 unspecified atom stereocenters. The molecule has 0 saturated carbocycles. The molecule has 100 valence electrons. The van der Waals surface area contributed by atoms with Crippen LogP contribution in [0, 0.1) is 6.92 Å². The van der Waals surface area contributed by atoms with Gasteiger partial charge in [0.2, 0.25) is 5.91 Å². The molecule has 0 atom stereocenters. The van der Waals surface area contributed by atoms with E-state index >= 15 is 0 Å². The molecule has 2 heterocycles. The Kier molecular flexibility index (Phi) is 4.55. The van der Waals surface area contributed by atoms with E-state index in [-0.39, 0.29) is 5.91 Å². The maximum absolute atomic E-state index is 11.5. The lowest BCUT2D eigenvalue weighted by atomic mass is 10.3. The van der Waals surface area contributed by atoms with Crippen LogP contribution in [0.5, 0.6) is 0 Å². The van der Waals surface area contributed by atoms with Crippen LogP contribution in [-0.2, 0) is 11.3 Å². The van der Waals surface area contributed by atoms with E-state index in [1.165, 1.54) is 6.08 Å². The summed E-state index contributed by atoms with van der Waals surface area (Å²) in [5.74, 6) is 1.41. The Morgan fingerprint density at radius 3 is 3.11 bits per heavy atom. The molecule has 2 rings (SSSR count). The zero-order valence-corrected chi connectivity index (χ0v) is 10.9. The van der Waals surface area contributed by atoms with E-state index in [9.17, 15) is 4.79 Å². The predicted octanol–water partition coefficient (Wildman–Crippen LogP) is 2.00. The van der Waals surface area contributed by atoms with Crippen molar-refractivity contribution in [3.63, 3.8) is 0 Å². The number of amides is 1. The number of carbonyl (C=O) groups excluding carboxylic acids is 1. The van der Waals surface area contributed by atoms with Crippen LogP contribution < -0.4 is 5.32 Å². The SMILES string of the molecule is Cc1ccc(C=CC(=O)NCCCn2ccnc2)o1. The summed E-state index contributed by atoms with van der Waals surface area (Å²) in [6, 6.07) is 3.70. The largest absolute Gasteiger partial charge is 0.462 e. The Balaban J connectivity index is 1.66. The van der Waals surface area contributed by atoms with E-state index < -0.39 is 0 Å². The van der Waals surface area contributed by atoms with Gasteiger partial charge in [0.05, 0.1) is 6.33 Å². The average Bonchev–Trinajstić information content (AvgIpc) is 3.03. The van der Waals surface area contributed by atoms with Crippen molar-refractivity contribution in [2.45, 2.75) is 19.9 Å². The number of hydrogen-bond donors (Lipinski definition) is 1. The highest BCUT2D eigenvalue weighted by Crippen LogP contribution is 2.07. The predicted molar refractivity (Wildman–Crippen MR) is 72.3 cm³/mol. The molecule has 0 saturated heterocycles. The lowest BCUT2D eigenvalue weighted by molar-refractivity contribution is -0.116. The molecule has 5 nitrogen and oxygen atoms in total. The molecule has 0 aromatic carbocycles. The molecule has 1 N–H and O–H groups in total. The number of aryl methyl sites for hydroxylation is 2. The van der Waals surface area contributed by atoms with Crippen molar-refractivity contribution in [1.82, 2.24) is 14.9 Å². The monoisotopic (exact) mass is 259 g/mol. The van der Waals surface area contributed by atoms with E-state index in [0.717, 1.165) is 18.7 Å². The number of nitrogens with one attached hydrogen (secondary N) is 1. The van der Waals surface area contributed by atoms with Gasteiger partial charge in [0.15, 0.2) is 0 Å². The fraction of sp³-hybridized carbons (Fsp3) is 0.286. The molecule has 1 amide bonds. The van der Waals surface area contributed by atoms with E-state index in [2.05, 4.69) is 10.3 Å². The van der Waals surface area contributed by atoms with Crippen LogP contribution in [0.1, 0.15) is 17.9 Å². The van der Waals surface area contributed by atoms with Crippen LogP contribution in [0.2, 0.25) is 0 Å². The van der Waals surface area contributed by atoms with Crippen molar-refractivity contribution in [2.75, 3.05) is 6.54 Å². The van der Waals surface area contributed by atoms with Gasteiger partial charge < -0.3 is 14.3 Å². The van der Waals surface area contributed by atoms with Crippen molar-refractivity contribution in [1.29, 1.82) is 0 Å². The van der Waals surface area contributed by atoms with Gasteiger partial charge in [-0.25, -0.2) is 4.98 Å². The normalized spacial score (nSPS) is 11.0. The van der Waals surface area contributed by atoms with E-state index in [1.54, 1.807) is 18.6 Å². The maximum atomic E-state index is 11.5. The number of aromatic nitrogens is 2. The van der Waals surface area contributed by atoms with Gasteiger partial charge in [0.1, 0.15) is 11.5 Å². The van der Waals surface area contributed by atoms with E-state index in [1.807, 2.05) is 29.8 Å². The Morgan fingerprint density at radius 2 is 2.42 bits per heavy atom. The van der Waals surface area contributed by atoms with Crippen molar-refractivity contribution < 1.29 is 9.21 Å². The van der Waals surface area contributed by atoms with Crippen LogP contribution in [-0.4, -0.2) is 22.0 Å². The minimum atomic E-state index is -0.111. The summed E-state index contributed by atoms with van der Waals surface area (Å²) >= 11 is 0. The third-order valence-electron chi connectivity index (χ3n) is 2.61. The smallest absolute Gasteiger partial charge is 0.244 e. The third-order valence-corrected chi connectivity index (χ3v) is 2.61. The zero-order chi connectivity index (χ0) is 13.5. The second kappa shape index (κ2) is 6.58. The quantitative estimate of drug-likeness (QED) is 0.637. The van der Waals surface area contributed by atoms with Crippen LogP contribution in [0.25, 0.3) is 6.08 Å². The highest BCUT2D eigenvalue weighted by molar-refractivity contribution is 5.91. The molecule has 0 aliphatic carbocycles. The van der Waals surface area contributed by atoms with Gasteiger partial charge in [0, 0.05) is 31.6 Å². The summed E-state index contributed by atoms with van der Waals surface area (Å²) in [5, 5.41) is 2.82. The minimum absolute atomic E-state index is 0.111. The minimum Gasteiger partial charge on any atom is -0.462 e. The molecular weight excluding hydrogens is 242 g/mol. The van der Waals surface area contributed by atoms with Gasteiger partial charge in [-0.05, 0) is 31.6 Å². The molecule has 2 aromatic heterocycles. The van der Waals surface area contributed by atoms with E-state index in [4.69, 9.17) is 4.42 Å². The molecule has 0 bridgehead atoms. The number of imidazole rings is 1. The number of carbonyl (C=O) groups is 1. The van der Waals surface area contributed by atoms with Crippen LogP contribution in [0.15, 0.2) is 41.3 Å². The van der Waals surface area contributed by atoms with Crippen LogP contribution in [0.4, 0.5) is 0 Å². The van der Waals surface area contributed by atoms with Gasteiger partial charge >= 0.3 is 0 Å². The molecule has 5 heteroatoms. The van der Waals surface area contributed by atoms with Crippen molar-refractivity contribution in [2.24, 2.45) is 0 Å². The first-order valence-corrected chi connectivity index (χ1v) is 6.22. The number of nitrogens with zero attached hydrogens (tertiary/aromatic N) is 2. The van der Waals surface area contributed by atoms with Gasteiger partial charge in [-0.15, -0.1) is 0 Å². The Morgan fingerprint density at radius 1 is 1.53 bits per heavy atom. The second-order valence-corrected chi connectivity index (χ2v) is 4.23. The average molecular weight is 259 g/mol. The highest BCUT2D eigenvalue weighted by atomic mass is 16.3. The summed E-state index contributed by atoms with van der Waals surface area (Å²) in [4.78, 5) is 15.5. The fourth-order valence-electron chi connectivity index (χ4n) is 1.65. The molecule has 0 aliphatic rings. The van der Waals surface area contributed by atoms with Crippen molar-refractivity contribution in [3.05, 3.63) is 48.5 Å².